The largest absolute Gasteiger partial charge is 0.493 e. The molecule has 0 radical (unpaired) electrons. The van der Waals surface area contributed by atoms with Crippen LogP contribution in [0.3, 0.4) is 0 Å². The average molecular weight is 414 g/mol. The van der Waals surface area contributed by atoms with Crippen LogP contribution >= 0.6 is 0 Å². The van der Waals surface area contributed by atoms with Crippen LogP contribution < -0.4 is 24.4 Å². The summed E-state index contributed by atoms with van der Waals surface area (Å²) in [6.07, 6.45) is 1.44. The SMILES string of the molecule is COc1ccc(C(NCCCCN2C(=O)COc3ccccc32)C(=O)O)cc1OC. The molecule has 0 bridgehead atoms. The summed E-state index contributed by atoms with van der Waals surface area (Å²) in [5, 5.41) is 12.7. The van der Waals surface area contributed by atoms with Crippen molar-refractivity contribution in [1.82, 2.24) is 5.32 Å². The standard InChI is InChI=1S/C22H26N2O6/c1-28-18-10-9-15(13-19(18)29-2)21(22(26)27)23-11-5-6-12-24-16-7-3-4-8-17(16)30-14-20(24)25/h3-4,7-10,13,21,23H,5-6,11-12,14H2,1-2H3,(H,26,27). The van der Waals surface area contributed by atoms with Gasteiger partial charge in [0.15, 0.2) is 18.1 Å². The Morgan fingerprint density at radius 2 is 1.93 bits per heavy atom. The molecule has 3 rings (SSSR count). The molecule has 0 spiro atoms. The van der Waals surface area contributed by atoms with E-state index in [0.29, 0.717) is 42.3 Å². The van der Waals surface area contributed by atoms with Gasteiger partial charge in [0, 0.05) is 6.54 Å². The fourth-order valence-electron chi connectivity index (χ4n) is 3.42. The Balaban J connectivity index is 1.55. The van der Waals surface area contributed by atoms with E-state index >= 15 is 0 Å². The number of nitrogens with one attached hydrogen (secondary N) is 1. The molecule has 1 amide bonds. The molecule has 0 aliphatic carbocycles. The van der Waals surface area contributed by atoms with Crippen molar-refractivity contribution < 1.29 is 28.9 Å². The van der Waals surface area contributed by atoms with Crippen molar-refractivity contribution >= 4 is 17.6 Å². The van der Waals surface area contributed by atoms with Gasteiger partial charge >= 0.3 is 5.97 Å². The highest BCUT2D eigenvalue weighted by Gasteiger charge is 2.25. The molecule has 8 heteroatoms. The zero-order chi connectivity index (χ0) is 21.5. The van der Waals surface area contributed by atoms with Crippen LogP contribution in [0.25, 0.3) is 0 Å². The highest BCUT2D eigenvalue weighted by Crippen LogP contribution is 2.32. The fourth-order valence-corrected chi connectivity index (χ4v) is 3.42. The van der Waals surface area contributed by atoms with Gasteiger partial charge in [0.1, 0.15) is 11.8 Å². The molecule has 0 saturated carbocycles. The third-order valence-corrected chi connectivity index (χ3v) is 4.95. The van der Waals surface area contributed by atoms with Crippen LogP contribution in [0.2, 0.25) is 0 Å². The number of methoxy groups -OCH3 is 2. The zero-order valence-corrected chi connectivity index (χ0v) is 17.1. The van der Waals surface area contributed by atoms with Gasteiger partial charge in [0.05, 0.1) is 19.9 Å². The van der Waals surface area contributed by atoms with Crippen molar-refractivity contribution in [2.75, 3.05) is 38.8 Å². The molecule has 8 nitrogen and oxygen atoms in total. The number of para-hydroxylation sites is 2. The Kier molecular flexibility index (Phi) is 7.13. The number of nitrogens with zero attached hydrogens (tertiary/aromatic N) is 1. The van der Waals surface area contributed by atoms with Crippen molar-refractivity contribution in [2.45, 2.75) is 18.9 Å². The van der Waals surface area contributed by atoms with Crippen molar-refractivity contribution in [3.05, 3.63) is 48.0 Å². The number of carboxylic acid groups (broad SMARTS) is 1. The summed E-state index contributed by atoms with van der Waals surface area (Å²) in [5.41, 5.74) is 1.35. The smallest absolute Gasteiger partial charge is 0.325 e. The zero-order valence-electron chi connectivity index (χ0n) is 17.1. The van der Waals surface area contributed by atoms with Gasteiger partial charge in [-0.15, -0.1) is 0 Å². The molecule has 2 N–H and O–H groups in total. The number of ether oxygens (including phenoxy) is 3. The second-order valence-corrected chi connectivity index (χ2v) is 6.85. The lowest BCUT2D eigenvalue weighted by Crippen LogP contribution is -2.39. The molecule has 1 aliphatic rings. The lowest BCUT2D eigenvalue weighted by atomic mass is 10.1. The van der Waals surface area contributed by atoms with Gasteiger partial charge in [0.2, 0.25) is 0 Å². The number of hydrogen-bond acceptors (Lipinski definition) is 6. The third kappa shape index (κ3) is 4.83. The first-order valence-electron chi connectivity index (χ1n) is 9.75. The molecule has 2 aromatic carbocycles. The number of unbranched alkanes of at least 4 members (excludes halogenated alkanes) is 1. The summed E-state index contributed by atoms with van der Waals surface area (Å²) in [6.45, 7) is 1.08. The monoisotopic (exact) mass is 414 g/mol. The van der Waals surface area contributed by atoms with Gasteiger partial charge in [-0.1, -0.05) is 18.2 Å². The van der Waals surface area contributed by atoms with Crippen molar-refractivity contribution in [3.63, 3.8) is 0 Å². The minimum atomic E-state index is -0.973. The highest BCUT2D eigenvalue weighted by molar-refractivity contribution is 5.97. The van der Waals surface area contributed by atoms with Gasteiger partial charge in [-0.2, -0.15) is 0 Å². The summed E-state index contributed by atoms with van der Waals surface area (Å²) in [6, 6.07) is 11.6. The Morgan fingerprint density at radius 1 is 1.17 bits per heavy atom. The number of carbonyl (C=O) groups is 2. The number of carbonyl (C=O) groups excluding carboxylic acids is 1. The molecule has 1 atom stereocenters. The quantitative estimate of drug-likeness (QED) is 0.577. The molecule has 160 valence electrons. The summed E-state index contributed by atoms with van der Waals surface area (Å²) < 4.78 is 15.9. The maximum Gasteiger partial charge on any atom is 0.325 e. The molecule has 2 aromatic rings. The number of fused-ring (bicyclic) bond motifs is 1. The van der Waals surface area contributed by atoms with Crippen LogP contribution in [0.5, 0.6) is 17.2 Å². The molecular formula is C22H26N2O6. The maximum atomic E-state index is 12.2. The van der Waals surface area contributed by atoms with E-state index in [-0.39, 0.29) is 12.5 Å². The molecule has 1 aliphatic heterocycles. The maximum absolute atomic E-state index is 12.2. The van der Waals surface area contributed by atoms with E-state index in [1.165, 1.54) is 14.2 Å². The minimum Gasteiger partial charge on any atom is -0.493 e. The van der Waals surface area contributed by atoms with Crippen LogP contribution in [-0.2, 0) is 9.59 Å². The Bertz CT molecular complexity index is 901. The Hall–Kier alpha value is -3.26. The average Bonchev–Trinajstić information content (AvgIpc) is 2.76. The first-order chi connectivity index (χ1) is 14.5. The lowest BCUT2D eigenvalue weighted by molar-refractivity contribution is -0.139. The van der Waals surface area contributed by atoms with E-state index in [2.05, 4.69) is 5.32 Å². The first kappa shape index (κ1) is 21.4. The fraction of sp³-hybridized carbons (Fsp3) is 0.364. The van der Waals surface area contributed by atoms with Crippen LogP contribution in [0.4, 0.5) is 5.69 Å². The van der Waals surface area contributed by atoms with E-state index in [1.807, 2.05) is 24.3 Å². The second-order valence-electron chi connectivity index (χ2n) is 6.85. The summed E-state index contributed by atoms with van der Waals surface area (Å²) in [4.78, 5) is 25.7. The van der Waals surface area contributed by atoms with Gasteiger partial charge in [-0.05, 0) is 49.2 Å². The van der Waals surface area contributed by atoms with Crippen molar-refractivity contribution in [3.8, 4) is 17.2 Å². The number of rotatable bonds is 10. The minimum absolute atomic E-state index is 0.0374. The molecular weight excluding hydrogens is 388 g/mol. The number of aliphatic carboxylic acids is 1. The molecule has 30 heavy (non-hydrogen) atoms. The third-order valence-electron chi connectivity index (χ3n) is 4.95. The van der Waals surface area contributed by atoms with Gasteiger partial charge < -0.3 is 29.5 Å². The van der Waals surface area contributed by atoms with Crippen molar-refractivity contribution in [2.24, 2.45) is 0 Å². The molecule has 1 unspecified atom stereocenters. The van der Waals surface area contributed by atoms with E-state index < -0.39 is 12.0 Å². The predicted molar refractivity (Wildman–Crippen MR) is 111 cm³/mol. The van der Waals surface area contributed by atoms with E-state index in [1.54, 1.807) is 23.1 Å². The van der Waals surface area contributed by atoms with Gasteiger partial charge in [-0.25, -0.2) is 0 Å². The van der Waals surface area contributed by atoms with Crippen LogP contribution in [0, 0.1) is 0 Å². The van der Waals surface area contributed by atoms with E-state index in [0.717, 1.165) is 12.1 Å². The normalized spacial score (nSPS) is 13.9. The number of anilines is 1. The summed E-state index contributed by atoms with van der Waals surface area (Å²) >= 11 is 0. The van der Waals surface area contributed by atoms with E-state index in [4.69, 9.17) is 14.2 Å². The Morgan fingerprint density at radius 3 is 2.67 bits per heavy atom. The topological polar surface area (TPSA) is 97.3 Å². The number of carboxylic acids is 1. The number of hydrogen-bond donors (Lipinski definition) is 2. The first-order valence-corrected chi connectivity index (χ1v) is 9.75. The number of amides is 1. The predicted octanol–water partition coefficient (Wildman–Crippen LogP) is 2.62. The molecule has 1 heterocycles. The molecule has 0 aromatic heterocycles. The summed E-state index contributed by atoms with van der Waals surface area (Å²) in [7, 11) is 3.04. The van der Waals surface area contributed by atoms with Crippen LogP contribution in [-0.4, -0.2) is 50.9 Å². The van der Waals surface area contributed by atoms with E-state index in [9.17, 15) is 14.7 Å². The van der Waals surface area contributed by atoms with Gasteiger partial charge in [0.25, 0.3) is 5.91 Å². The Labute approximate surface area is 175 Å². The van der Waals surface area contributed by atoms with Gasteiger partial charge in [-0.3, -0.25) is 9.59 Å². The highest BCUT2D eigenvalue weighted by atomic mass is 16.5. The van der Waals surface area contributed by atoms with Crippen LogP contribution in [0.15, 0.2) is 42.5 Å². The molecule has 0 saturated heterocycles. The number of benzene rings is 2. The summed E-state index contributed by atoms with van der Waals surface area (Å²) in [5.74, 6) is 0.679. The molecule has 0 fully saturated rings. The van der Waals surface area contributed by atoms with Crippen molar-refractivity contribution in [1.29, 1.82) is 0 Å². The lowest BCUT2D eigenvalue weighted by Gasteiger charge is -2.29. The van der Waals surface area contributed by atoms with Crippen LogP contribution in [0.1, 0.15) is 24.4 Å². The second kappa shape index (κ2) is 9.98.